The first-order valence-electron chi connectivity index (χ1n) is 6.17. The Morgan fingerprint density at radius 3 is 2.52 bits per heavy atom. The van der Waals surface area contributed by atoms with Gasteiger partial charge in [0.1, 0.15) is 5.82 Å². The Morgan fingerprint density at radius 1 is 1.00 bits per heavy atom. The predicted octanol–water partition coefficient (Wildman–Crippen LogP) is 3.17. The van der Waals surface area contributed by atoms with Gasteiger partial charge in [0.05, 0.1) is 4.90 Å². The van der Waals surface area contributed by atoms with Crippen molar-refractivity contribution < 1.29 is 12.8 Å². The monoisotopic (exact) mass is 302 g/mol. The zero-order valence-corrected chi connectivity index (χ0v) is 11.6. The number of sulfonamides is 1. The highest BCUT2D eigenvalue weighted by atomic mass is 32.2. The lowest BCUT2D eigenvalue weighted by molar-refractivity contribution is 0.602. The number of fused-ring (bicyclic) bond motifs is 1. The van der Waals surface area contributed by atoms with Crippen molar-refractivity contribution in [2.45, 2.75) is 4.90 Å². The molecule has 3 aromatic rings. The van der Waals surface area contributed by atoms with E-state index in [1.54, 1.807) is 30.6 Å². The Hall–Kier alpha value is -2.47. The van der Waals surface area contributed by atoms with Crippen molar-refractivity contribution in [1.82, 2.24) is 4.98 Å². The van der Waals surface area contributed by atoms with Crippen molar-refractivity contribution in [2.75, 3.05) is 4.72 Å². The summed E-state index contributed by atoms with van der Waals surface area (Å²) in [4.78, 5) is 4.13. The van der Waals surface area contributed by atoms with Gasteiger partial charge in [-0.05, 0) is 36.4 Å². The van der Waals surface area contributed by atoms with Crippen LogP contribution >= 0.6 is 0 Å². The number of nitrogens with zero attached hydrogens (tertiary/aromatic N) is 1. The van der Waals surface area contributed by atoms with E-state index in [9.17, 15) is 12.8 Å². The largest absolute Gasteiger partial charge is 0.280 e. The molecule has 0 saturated heterocycles. The first kappa shape index (κ1) is 13.5. The molecule has 0 fully saturated rings. The molecule has 0 radical (unpaired) electrons. The summed E-state index contributed by atoms with van der Waals surface area (Å²) in [6, 6.07) is 11.8. The van der Waals surface area contributed by atoms with Crippen LogP contribution in [-0.4, -0.2) is 13.4 Å². The van der Waals surface area contributed by atoms with Gasteiger partial charge >= 0.3 is 0 Å². The Morgan fingerprint density at radius 2 is 1.76 bits per heavy atom. The van der Waals surface area contributed by atoms with Crippen LogP contribution in [0.15, 0.2) is 65.8 Å². The van der Waals surface area contributed by atoms with Crippen LogP contribution in [0.25, 0.3) is 10.8 Å². The molecule has 2 aromatic carbocycles. The molecule has 0 aliphatic carbocycles. The number of aromatic nitrogens is 1. The molecule has 6 heteroatoms. The molecule has 4 nitrogen and oxygen atoms in total. The van der Waals surface area contributed by atoms with Gasteiger partial charge < -0.3 is 0 Å². The summed E-state index contributed by atoms with van der Waals surface area (Å²) in [5, 5.41) is 1.32. The van der Waals surface area contributed by atoms with Gasteiger partial charge in [0.15, 0.2) is 0 Å². The highest BCUT2D eigenvalue weighted by Crippen LogP contribution is 2.24. The van der Waals surface area contributed by atoms with E-state index in [-0.39, 0.29) is 4.90 Å². The quantitative estimate of drug-likeness (QED) is 0.808. The number of benzene rings is 2. The number of rotatable bonds is 3. The summed E-state index contributed by atoms with van der Waals surface area (Å²) in [5.41, 5.74) is 0.308. The highest BCUT2D eigenvalue weighted by molar-refractivity contribution is 7.93. The summed E-state index contributed by atoms with van der Waals surface area (Å²) < 4.78 is 40.3. The van der Waals surface area contributed by atoms with Crippen LogP contribution in [0.2, 0.25) is 0 Å². The van der Waals surface area contributed by atoms with E-state index in [2.05, 4.69) is 9.71 Å². The maximum Gasteiger partial charge on any atom is 0.262 e. The van der Waals surface area contributed by atoms with Gasteiger partial charge in [-0.1, -0.05) is 12.1 Å². The molecule has 0 aliphatic rings. The fraction of sp³-hybridized carbons (Fsp3) is 0. The van der Waals surface area contributed by atoms with Crippen LogP contribution in [0.5, 0.6) is 0 Å². The van der Waals surface area contributed by atoms with Crippen molar-refractivity contribution in [2.24, 2.45) is 0 Å². The van der Waals surface area contributed by atoms with Crippen molar-refractivity contribution in [1.29, 1.82) is 0 Å². The van der Waals surface area contributed by atoms with Crippen LogP contribution in [-0.2, 0) is 10.0 Å². The molecule has 0 bridgehead atoms. The number of halogens is 1. The van der Waals surface area contributed by atoms with E-state index >= 15 is 0 Å². The standard InChI is InChI=1S/C15H11FN2O2S/c16-12-4-6-13(7-5-12)18-21(19,20)15-3-1-2-11-10-17-9-8-14(11)15/h1-10,18H. The zero-order valence-electron chi connectivity index (χ0n) is 10.8. The molecule has 21 heavy (non-hydrogen) atoms. The summed E-state index contributed by atoms with van der Waals surface area (Å²) in [6.45, 7) is 0. The molecule has 3 rings (SSSR count). The van der Waals surface area contributed by atoms with Crippen LogP contribution in [0.4, 0.5) is 10.1 Å². The number of nitrogens with one attached hydrogen (secondary N) is 1. The van der Waals surface area contributed by atoms with E-state index in [0.717, 1.165) is 5.39 Å². The molecule has 1 aromatic heterocycles. The number of anilines is 1. The van der Waals surface area contributed by atoms with Gasteiger partial charge in [0.2, 0.25) is 0 Å². The van der Waals surface area contributed by atoms with Crippen molar-refractivity contribution in [3.8, 4) is 0 Å². The van der Waals surface area contributed by atoms with Gasteiger partial charge in [0, 0.05) is 28.9 Å². The first-order chi connectivity index (χ1) is 10.1. The molecular formula is C15H11FN2O2S. The third kappa shape index (κ3) is 2.71. The average molecular weight is 302 g/mol. The molecular weight excluding hydrogens is 291 g/mol. The molecule has 0 atom stereocenters. The molecule has 0 saturated carbocycles. The second-order valence-corrected chi connectivity index (χ2v) is 6.12. The highest BCUT2D eigenvalue weighted by Gasteiger charge is 2.17. The van der Waals surface area contributed by atoms with Gasteiger partial charge in [0.25, 0.3) is 10.0 Å². The maximum atomic E-state index is 12.9. The van der Waals surface area contributed by atoms with Gasteiger partial charge in [-0.2, -0.15) is 0 Å². The van der Waals surface area contributed by atoms with Gasteiger partial charge in [-0.15, -0.1) is 0 Å². The smallest absolute Gasteiger partial charge is 0.262 e. The zero-order chi connectivity index (χ0) is 14.9. The third-order valence-corrected chi connectivity index (χ3v) is 4.47. The Bertz CT molecular complexity index is 888. The number of hydrogen-bond acceptors (Lipinski definition) is 3. The maximum absolute atomic E-state index is 12.9. The minimum Gasteiger partial charge on any atom is -0.280 e. The van der Waals surface area contributed by atoms with Gasteiger partial charge in [-0.25, -0.2) is 12.8 Å². The molecule has 0 aliphatic heterocycles. The average Bonchev–Trinajstić information content (AvgIpc) is 2.49. The van der Waals surface area contributed by atoms with Crippen LogP contribution in [0.1, 0.15) is 0 Å². The first-order valence-corrected chi connectivity index (χ1v) is 7.66. The molecule has 106 valence electrons. The number of hydrogen-bond donors (Lipinski definition) is 1. The fourth-order valence-electron chi connectivity index (χ4n) is 2.06. The van der Waals surface area contributed by atoms with Crippen molar-refractivity contribution >= 4 is 26.5 Å². The normalized spacial score (nSPS) is 11.5. The van der Waals surface area contributed by atoms with E-state index in [0.29, 0.717) is 11.1 Å². The van der Waals surface area contributed by atoms with Crippen LogP contribution in [0, 0.1) is 5.82 Å². The molecule has 0 unspecified atom stereocenters. The Balaban J connectivity index is 2.06. The minimum absolute atomic E-state index is 0.159. The van der Waals surface area contributed by atoms with Crippen LogP contribution < -0.4 is 4.72 Å². The second kappa shape index (κ2) is 5.14. The lowest BCUT2D eigenvalue weighted by Gasteiger charge is -2.10. The Labute approximate surface area is 121 Å². The van der Waals surface area contributed by atoms with Crippen molar-refractivity contribution in [3.05, 3.63) is 66.7 Å². The van der Waals surface area contributed by atoms with Gasteiger partial charge in [-0.3, -0.25) is 9.71 Å². The fourth-order valence-corrected chi connectivity index (χ4v) is 3.34. The van der Waals surface area contributed by atoms with E-state index in [1.165, 1.54) is 30.3 Å². The molecule has 0 spiro atoms. The summed E-state index contributed by atoms with van der Waals surface area (Å²) in [7, 11) is -3.75. The number of pyridine rings is 1. The Kier molecular flexibility index (Phi) is 3.31. The summed E-state index contributed by atoms with van der Waals surface area (Å²) in [5.74, 6) is -0.422. The van der Waals surface area contributed by atoms with E-state index < -0.39 is 15.8 Å². The summed E-state index contributed by atoms with van der Waals surface area (Å²) >= 11 is 0. The molecule has 0 amide bonds. The second-order valence-electron chi connectivity index (χ2n) is 4.47. The molecule has 1 N–H and O–H groups in total. The summed E-state index contributed by atoms with van der Waals surface area (Å²) in [6.07, 6.45) is 3.14. The topological polar surface area (TPSA) is 59.1 Å². The van der Waals surface area contributed by atoms with Crippen LogP contribution in [0.3, 0.4) is 0 Å². The third-order valence-electron chi connectivity index (χ3n) is 3.03. The molecule has 1 heterocycles. The lowest BCUT2D eigenvalue weighted by Crippen LogP contribution is -2.13. The lowest BCUT2D eigenvalue weighted by atomic mass is 10.2. The van der Waals surface area contributed by atoms with E-state index in [4.69, 9.17) is 0 Å². The SMILES string of the molecule is O=S(=O)(Nc1ccc(F)cc1)c1cccc2cnccc12. The minimum atomic E-state index is -3.75. The predicted molar refractivity (Wildman–Crippen MR) is 79.0 cm³/mol. The van der Waals surface area contributed by atoms with E-state index in [1.807, 2.05) is 0 Å². The van der Waals surface area contributed by atoms with Crippen molar-refractivity contribution in [3.63, 3.8) is 0 Å².